The van der Waals surface area contributed by atoms with Crippen LogP contribution in [0.15, 0.2) is 11.1 Å². The van der Waals surface area contributed by atoms with Gasteiger partial charge in [-0.25, -0.2) is 0 Å². The monoisotopic (exact) mass is 242 g/mol. The van der Waals surface area contributed by atoms with Crippen molar-refractivity contribution in [1.29, 1.82) is 0 Å². The van der Waals surface area contributed by atoms with Crippen LogP contribution in [0.3, 0.4) is 0 Å². The second-order valence-corrected chi connectivity index (χ2v) is 5.61. The summed E-state index contributed by atoms with van der Waals surface area (Å²) in [6, 6.07) is 0. The van der Waals surface area contributed by atoms with Crippen LogP contribution >= 0.6 is 0 Å². The Balaban J connectivity index is 5.32. The maximum absolute atomic E-state index is 10.9. The zero-order chi connectivity index (χ0) is 13.8. The molecule has 1 unspecified atom stereocenters. The quantitative estimate of drug-likeness (QED) is 0.727. The predicted molar refractivity (Wildman–Crippen MR) is 65.8 cm³/mol. The minimum atomic E-state index is -0.916. The van der Waals surface area contributed by atoms with Crippen LogP contribution in [0.1, 0.15) is 47.5 Å². The summed E-state index contributed by atoms with van der Waals surface area (Å²) in [7, 11) is 0. The summed E-state index contributed by atoms with van der Waals surface area (Å²) in [6.45, 7) is 9.47. The van der Waals surface area contributed by atoms with Crippen molar-refractivity contribution in [2.24, 2.45) is 11.3 Å². The molecule has 17 heavy (non-hydrogen) atoms. The van der Waals surface area contributed by atoms with Gasteiger partial charge in [-0.2, -0.15) is 0 Å². The molecule has 0 amide bonds. The summed E-state index contributed by atoms with van der Waals surface area (Å²) >= 11 is 0. The first-order valence-electron chi connectivity index (χ1n) is 5.65. The fourth-order valence-corrected chi connectivity index (χ4v) is 1.94. The Morgan fingerprint density at radius 1 is 1.06 bits per heavy atom. The summed E-state index contributed by atoms with van der Waals surface area (Å²) in [5.41, 5.74) is 1.36. The molecule has 4 nitrogen and oxygen atoms in total. The molecular formula is C13H22O4. The van der Waals surface area contributed by atoms with Crippen LogP contribution in [0.4, 0.5) is 0 Å². The smallest absolute Gasteiger partial charge is 0.307 e. The number of allylic oxidation sites excluding steroid dienone is 1. The highest BCUT2D eigenvalue weighted by atomic mass is 16.4. The lowest BCUT2D eigenvalue weighted by molar-refractivity contribution is -0.140. The first-order valence-corrected chi connectivity index (χ1v) is 5.65. The molecule has 0 aliphatic heterocycles. The molecule has 0 spiro atoms. The van der Waals surface area contributed by atoms with Crippen LogP contribution in [0.25, 0.3) is 0 Å². The molecular weight excluding hydrogens is 220 g/mol. The van der Waals surface area contributed by atoms with Crippen molar-refractivity contribution in [2.45, 2.75) is 47.5 Å². The van der Waals surface area contributed by atoms with Crippen molar-refractivity contribution in [3.63, 3.8) is 0 Å². The largest absolute Gasteiger partial charge is 0.481 e. The Morgan fingerprint density at radius 3 is 1.76 bits per heavy atom. The Kier molecular flexibility index (Phi) is 5.39. The van der Waals surface area contributed by atoms with Gasteiger partial charge in [0, 0.05) is 0 Å². The van der Waals surface area contributed by atoms with Gasteiger partial charge in [0.2, 0.25) is 0 Å². The summed E-state index contributed by atoms with van der Waals surface area (Å²) in [4.78, 5) is 21.7. The van der Waals surface area contributed by atoms with E-state index in [1.807, 2.05) is 34.6 Å². The average molecular weight is 242 g/mol. The van der Waals surface area contributed by atoms with Crippen molar-refractivity contribution in [2.75, 3.05) is 0 Å². The molecule has 4 heteroatoms. The molecule has 0 rings (SSSR count). The molecule has 0 radical (unpaired) electrons. The number of carboxylic acid groups (broad SMARTS) is 2. The van der Waals surface area contributed by atoms with E-state index >= 15 is 0 Å². The van der Waals surface area contributed by atoms with E-state index in [1.165, 1.54) is 0 Å². The fourth-order valence-electron chi connectivity index (χ4n) is 1.94. The minimum Gasteiger partial charge on any atom is -0.481 e. The molecule has 2 N–H and O–H groups in total. The molecule has 0 bridgehead atoms. The molecule has 0 saturated carbocycles. The van der Waals surface area contributed by atoms with Gasteiger partial charge in [0.15, 0.2) is 0 Å². The van der Waals surface area contributed by atoms with Gasteiger partial charge in [-0.15, -0.1) is 0 Å². The topological polar surface area (TPSA) is 74.6 Å². The lowest BCUT2D eigenvalue weighted by Gasteiger charge is -2.32. The van der Waals surface area contributed by atoms with Crippen molar-refractivity contribution in [1.82, 2.24) is 0 Å². The van der Waals surface area contributed by atoms with E-state index in [0.29, 0.717) is 0 Å². The third kappa shape index (κ3) is 5.52. The van der Waals surface area contributed by atoms with Crippen molar-refractivity contribution in [3.05, 3.63) is 11.1 Å². The third-order valence-electron chi connectivity index (χ3n) is 2.83. The molecule has 0 aromatic rings. The number of hydrogen-bond donors (Lipinski definition) is 2. The Bertz CT molecular complexity index is 330. The van der Waals surface area contributed by atoms with Gasteiger partial charge >= 0.3 is 11.9 Å². The van der Waals surface area contributed by atoms with Crippen LogP contribution in [0, 0.1) is 11.3 Å². The summed E-state index contributed by atoms with van der Waals surface area (Å²) in [6.07, 6.45) is -0.116. The minimum absolute atomic E-state index is 0.0305. The Morgan fingerprint density at radius 2 is 1.53 bits per heavy atom. The average Bonchev–Trinajstić information content (AvgIpc) is 2.07. The van der Waals surface area contributed by atoms with Gasteiger partial charge in [-0.3, -0.25) is 9.59 Å². The number of hydrogen-bond acceptors (Lipinski definition) is 2. The van der Waals surface area contributed by atoms with Crippen LogP contribution in [0.5, 0.6) is 0 Å². The predicted octanol–water partition coefficient (Wildman–Crippen LogP) is 2.93. The third-order valence-corrected chi connectivity index (χ3v) is 2.83. The highest BCUT2D eigenvalue weighted by molar-refractivity contribution is 5.72. The normalized spacial score (nSPS) is 13.0. The number of aliphatic carboxylic acids is 2. The molecule has 0 saturated heterocycles. The van der Waals surface area contributed by atoms with Gasteiger partial charge in [0.25, 0.3) is 0 Å². The molecule has 98 valence electrons. The highest BCUT2D eigenvalue weighted by Crippen LogP contribution is 2.37. The number of carbonyl (C=O) groups is 2. The molecule has 1 atom stereocenters. The SMILES string of the molecule is CC(C)=C(CC(=O)O)C(CC(=O)O)C(C)(C)C. The molecule has 0 aliphatic carbocycles. The van der Waals surface area contributed by atoms with E-state index in [-0.39, 0.29) is 24.2 Å². The van der Waals surface area contributed by atoms with Crippen LogP contribution in [-0.4, -0.2) is 22.2 Å². The molecule has 0 aliphatic rings. The Hall–Kier alpha value is -1.32. The first kappa shape index (κ1) is 15.7. The molecule has 0 aromatic heterocycles. The summed E-state index contributed by atoms with van der Waals surface area (Å²) in [5, 5.41) is 17.8. The Labute approximate surface area is 102 Å². The van der Waals surface area contributed by atoms with Gasteiger partial charge in [-0.05, 0) is 25.2 Å². The van der Waals surface area contributed by atoms with E-state index in [9.17, 15) is 9.59 Å². The van der Waals surface area contributed by atoms with E-state index in [1.54, 1.807) is 0 Å². The second-order valence-electron chi connectivity index (χ2n) is 5.61. The van der Waals surface area contributed by atoms with E-state index in [2.05, 4.69) is 0 Å². The van der Waals surface area contributed by atoms with Crippen molar-refractivity contribution in [3.8, 4) is 0 Å². The lowest BCUT2D eigenvalue weighted by Crippen LogP contribution is -2.27. The number of carboxylic acids is 2. The van der Waals surface area contributed by atoms with Crippen LogP contribution in [0.2, 0.25) is 0 Å². The van der Waals surface area contributed by atoms with Crippen LogP contribution < -0.4 is 0 Å². The zero-order valence-corrected chi connectivity index (χ0v) is 11.2. The van der Waals surface area contributed by atoms with Gasteiger partial charge in [0.1, 0.15) is 0 Å². The standard InChI is InChI=1S/C13H22O4/c1-8(2)9(6-11(14)15)10(7-12(16)17)13(3,4)5/h10H,6-7H2,1-5H3,(H,14,15)(H,16,17). The van der Waals surface area contributed by atoms with E-state index < -0.39 is 11.9 Å². The fraction of sp³-hybridized carbons (Fsp3) is 0.692. The van der Waals surface area contributed by atoms with Crippen LogP contribution in [-0.2, 0) is 9.59 Å². The number of rotatable bonds is 5. The van der Waals surface area contributed by atoms with Crippen molar-refractivity contribution < 1.29 is 19.8 Å². The van der Waals surface area contributed by atoms with Gasteiger partial charge in [0.05, 0.1) is 12.8 Å². The van der Waals surface area contributed by atoms with E-state index in [0.717, 1.165) is 11.1 Å². The summed E-state index contributed by atoms with van der Waals surface area (Å²) < 4.78 is 0. The van der Waals surface area contributed by atoms with Gasteiger partial charge < -0.3 is 10.2 Å². The maximum Gasteiger partial charge on any atom is 0.307 e. The maximum atomic E-state index is 10.9. The summed E-state index contributed by atoms with van der Waals surface area (Å²) in [5.74, 6) is -2.06. The lowest BCUT2D eigenvalue weighted by atomic mass is 9.72. The first-order chi connectivity index (χ1) is 7.55. The van der Waals surface area contributed by atoms with Crippen molar-refractivity contribution >= 4 is 11.9 Å². The molecule has 0 fully saturated rings. The second kappa shape index (κ2) is 5.84. The zero-order valence-electron chi connectivity index (χ0n) is 11.2. The molecule has 0 aromatic carbocycles. The molecule has 0 heterocycles. The highest BCUT2D eigenvalue weighted by Gasteiger charge is 2.31. The van der Waals surface area contributed by atoms with E-state index in [4.69, 9.17) is 10.2 Å². The van der Waals surface area contributed by atoms with Gasteiger partial charge in [-0.1, -0.05) is 31.9 Å².